The van der Waals surface area contributed by atoms with Crippen LogP contribution >= 0.6 is 12.2 Å². The van der Waals surface area contributed by atoms with Crippen molar-refractivity contribution in [2.24, 2.45) is 0 Å². The molecule has 0 spiro atoms. The number of para-hydroxylation sites is 1. The second kappa shape index (κ2) is 5.26. The van der Waals surface area contributed by atoms with Crippen LogP contribution in [0.1, 0.15) is 50.7 Å². The lowest BCUT2D eigenvalue weighted by molar-refractivity contribution is 0.839. The molecule has 0 radical (unpaired) electrons. The quantitative estimate of drug-likeness (QED) is 0.761. The number of anilines is 1. The molecule has 0 aromatic heterocycles. The molecular weight excluding hydrogens is 202 g/mol. The summed E-state index contributed by atoms with van der Waals surface area (Å²) in [5.74, 6) is 1.03. The Morgan fingerprint density at radius 2 is 1.53 bits per heavy atom. The second-order valence-corrected chi connectivity index (χ2v) is 4.62. The van der Waals surface area contributed by atoms with Gasteiger partial charge in [0.25, 0.3) is 0 Å². The fourth-order valence-electron chi connectivity index (χ4n) is 1.78. The minimum absolute atomic E-state index is 0.515. The predicted molar refractivity (Wildman–Crippen MR) is 71.9 cm³/mol. The molecule has 1 N–H and O–H groups in total. The normalized spacial score (nSPS) is 10.8. The highest BCUT2D eigenvalue weighted by Gasteiger charge is 2.12. The van der Waals surface area contributed by atoms with E-state index in [1.807, 2.05) is 0 Å². The van der Waals surface area contributed by atoms with Crippen molar-refractivity contribution in [1.29, 1.82) is 0 Å². The van der Waals surface area contributed by atoms with Crippen molar-refractivity contribution in [3.63, 3.8) is 0 Å². The van der Waals surface area contributed by atoms with Crippen molar-refractivity contribution < 1.29 is 0 Å². The Kier molecular flexibility index (Phi) is 4.28. The van der Waals surface area contributed by atoms with E-state index >= 15 is 0 Å². The maximum Gasteiger partial charge on any atom is 0.0659 e. The van der Waals surface area contributed by atoms with Crippen molar-refractivity contribution in [1.82, 2.24) is 0 Å². The zero-order valence-electron chi connectivity index (χ0n) is 9.87. The average molecular weight is 221 g/mol. The maximum absolute atomic E-state index is 4.89. The summed E-state index contributed by atoms with van der Waals surface area (Å²) in [4.78, 5) is 0. The molecule has 0 bridgehead atoms. The Bertz CT molecular complexity index is 316. The smallest absolute Gasteiger partial charge is 0.0659 e. The second-order valence-electron chi connectivity index (χ2n) is 4.38. The molecule has 0 saturated carbocycles. The maximum atomic E-state index is 4.89. The van der Waals surface area contributed by atoms with Crippen LogP contribution in [0.3, 0.4) is 0 Å². The van der Waals surface area contributed by atoms with Gasteiger partial charge in [-0.05, 0) is 23.0 Å². The molecule has 0 amide bonds. The fourth-order valence-corrected chi connectivity index (χ4v) is 1.89. The molecule has 0 aliphatic heterocycles. The monoisotopic (exact) mass is 221 g/mol. The lowest BCUT2D eigenvalue weighted by Gasteiger charge is -2.18. The van der Waals surface area contributed by atoms with Gasteiger partial charge in [-0.25, -0.2) is 0 Å². The van der Waals surface area contributed by atoms with Gasteiger partial charge in [0.2, 0.25) is 0 Å². The summed E-state index contributed by atoms with van der Waals surface area (Å²) in [7, 11) is 0. The third-order valence-electron chi connectivity index (χ3n) is 2.58. The number of hydrogen-bond donors (Lipinski definition) is 1. The fraction of sp³-hybridized carbons (Fsp3) is 0.462. The summed E-state index contributed by atoms with van der Waals surface area (Å²) in [6, 6.07) is 6.45. The predicted octanol–water partition coefficient (Wildman–Crippen LogP) is 4.30. The first-order valence-corrected chi connectivity index (χ1v) is 5.88. The van der Waals surface area contributed by atoms with Crippen LogP contribution in [0, 0.1) is 0 Å². The molecular formula is C13H19NS. The van der Waals surface area contributed by atoms with Crippen LogP contribution in [-0.4, -0.2) is 5.49 Å². The van der Waals surface area contributed by atoms with E-state index in [2.05, 4.69) is 51.2 Å². The molecule has 0 atom stereocenters. The Morgan fingerprint density at radius 3 is 1.87 bits per heavy atom. The first-order chi connectivity index (χ1) is 7.07. The van der Waals surface area contributed by atoms with Crippen molar-refractivity contribution in [3.05, 3.63) is 29.3 Å². The van der Waals surface area contributed by atoms with Gasteiger partial charge >= 0.3 is 0 Å². The standard InChI is InChI=1S/C13H19NS/c1-9(2)11-6-5-7-12(10(3)4)13(11)14-8-15/h5-10H,1-4H3,(H,14,15). The zero-order chi connectivity index (χ0) is 11.4. The summed E-state index contributed by atoms with van der Waals surface area (Å²) in [6.45, 7) is 8.81. The molecule has 0 heterocycles. The largest absolute Gasteiger partial charge is 0.352 e. The molecule has 15 heavy (non-hydrogen) atoms. The van der Waals surface area contributed by atoms with Crippen molar-refractivity contribution in [2.45, 2.75) is 39.5 Å². The highest BCUT2D eigenvalue weighted by Crippen LogP contribution is 2.31. The topological polar surface area (TPSA) is 12.0 Å². The van der Waals surface area contributed by atoms with Gasteiger partial charge < -0.3 is 5.32 Å². The number of benzene rings is 1. The molecule has 82 valence electrons. The highest BCUT2D eigenvalue weighted by atomic mass is 32.1. The number of nitrogens with one attached hydrogen (secondary N) is 1. The molecule has 0 fully saturated rings. The first-order valence-electron chi connectivity index (χ1n) is 5.41. The third-order valence-corrected chi connectivity index (χ3v) is 2.69. The summed E-state index contributed by atoms with van der Waals surface area (Å²) in [5, 5.41) is 3.20. The first kappa shape index (κ1) is 12.2. The minimum Gasteiger partial charge on any atom is -0.352 e. The van der Waals surface area contributed by atoms with Crippen LogP contribution in [0.25, 0.3) is 0 Å². The lowest BCUT2D eigenvalue weighted by atomic mass is 9.93. The van der Waals surface area contributed by atoms with E-state index in [1.165, 1.54) is 16.8 Å². The van der Waals surface area contributed by atoms with Gasteiger partial charge in [0.05, 0.1) is 5.49 Å². The summed E-state index contributed by atoms with van der Waals surface area (Å²) < 4.78 is 0. The van der Waals surface area contributed by atoms with E-state index in [-0.39, 0.29) is 0 Å². The van der Waals surface area contributed by atoms with E-state index in [4.69, 9.17) is 12.2 Å². The van der Waals surface area contributed by atoms with Crippen molar-refractivity contribution in [2.75, 3.05) is 5.32 Å². The van der Waals surface area contributed by atoms with Crippen LogP contribution < -0.4 is 5.32 Å². The Hall–Kier alpha value is -0.890. The molecule has 2 heteroatoms. The molecule has 1 rings (SSSR count). The molecule has 0 aliphatic carbocycles. The van der Waals surface area contributed by atoms with Gasteiger partial charge in [0.1, 0.15) is 0 Å². The van der Waals surface area contributed by atoms with E-state index in [0.717, 1.165) is 0 Å². The van der Waals surface area contributed by atoms with E-state index < -0.39 is 0 Å². The van der Waals surface area contributed by atoms with Crippen LogP contribution in [0.4, 0.5) is 5.69 Å². The summed E-state index contributed by atoms with van der Waals surface area (Å²) in [5.41, 5.74) is 5.45. The average Bonchev–Trinajstić information content (AvgIpc) is 2.17. The summed E-state index contributed by atoms with van der Waals surface area (Å²) in [6.07, 6.45) is 0. The Labute approximate surface area is 97.9 Å². The van der Waals surface area contributed by atoms with Crippen molar-refractivity contribution >= 4 is 23.4 Å². The van der Waals surface area contributed by atoms with Crippen LogP contribution in [0.15, 0.2) is 18.2 Å². The van der Waals surface area contributed by atoms with E-state index in [0.29, 0.717) is 11.8 Å². The molecule has 1 aromatic carbocycles. The van der Waals surface area contributed by atoms with Gasteiger partial charge in [-0.15, -0.1) is 0 Å². The Balaban J connectivity index is 3.27. The molecule has 1 aromatic rings. The zero-order valence-corrected chi connectivity index (χ0v) is 10.7. The molecule has 0 unspecified atom stereocenters. The SMILES string of the molecule is CC(C)c1cccc(C(C)C)c1NC=S. The summed E-state index contributed by atoms with van der Waals surface area (Å²) >= 11 is 4.89. The van der Waals surface area contributed by atoms with Gasteiger partial charge in [-0.2, -0.15) is 0 Å². The molecule has 1 nitrogen and oxygen atoms in total. The Morgan fingerprint density at radius 1 is 1.07 bits per heavy atom. The van der Waals surface area contributed by atoms with Gasteiger partial charge in [-0.3, -0.25) is 0 Å². The highest BCUT2D eigenvalue weighted by molar-refractivity contribution is 7.79. The van der Waals surface area contributed by atoms with E-state index in [9.17, 15) is 0 Å². The van der Waals surface area contributed by atoms with Gasteiger partial charge in [0, 0.05) is 5.69 Å². The van der Waals surface area contributed by atoms with Crippen LogP contribution in [0.5, 0.6) is 0 Å². The van der Waals surface area contributed by atoms with Crippen LogP contribution in [-0.2, 0) is 0 Å². The van der Waals surface area contributed by atoms with E-state index in [1.54, 1.807) is 5.49 Å². The lowest BCUT2D eigenvalue weighted by Crippen LogP contribution is -2.04. The number of rotatable bonds is 4. The number of hydrogen-bond acceptors (Lipinski definition) is 1. The third kappa shape index (κ3) is 2.78. The van der Waals surface area contributed by atoms with Crippen molar-refractivity contribution in [3.8, 4) is 0 Å². The molecule has 0 aliphatic rings. The van der Waals surface area contributed by atoms with Gasteiger partial charge in [-0.1, -0.05) is 58.1 Å². The van der Waals surface area contributed by atoms with Crippen LogP contribution in [0.2, 0.25) is 0 Å². The molecule has 0 saturated heterocycles. The van der Waals surface area contributed by atoms with Gasteiger partial charge in [0.15, 0.2) is 0 Å². The number of thiocarbonyl (C=S) groups is 1. The minimum atomic E-state index is 0.515.